The van der Waals surface area contributed by atoms with E-state index in [1.165, 1.54) is 5.56 Å². The smallest absolute Gasteiger partial charge is 0.162 e. The van der Waals surface area contributed by atoms with Crippen molar-refractivity contribution in [3.63, 3.8) is 0 Å². The van der Waals surface area contributed by atoms with E-state index in [0.29, 0.717) is 17.5 Å². The van der Waals surface area contributed by atoms with Crippen LogP contribution in [0.1, 0.15) is 31.9 Å². The van der Waals surface area contributed by atoms with Crippen molar-refractivity contribution >= 4 is 0 Å². The lowest BCUT2D eigenvalue weighted by Crippen LogP contribution is -2.19. The van der Waals surface area contributed by atoms with E-state index in [-0.39, 0.29) is 6.61 Å². The third-order valence-electron chi connectivity index (χ3n) is 2.70. The van der Waals surface area contributed by atoms with Gasteiger partial charge in [0, 0.05) is 6.04 Å². The fourth-order valence-electron chi connectivity index (χ4n) is 1.67. The Hall–Kier alpha value is -1.66. The second kappa shape index (κ2) is 7.62. The van der Waals surface area contributed by atoms with Gasteiger partial charge in [-0.05, 0) is 37.6 Å². The molecule has 0 aliphatic rings. The molecule has 0 aliphatic heterocycles. The van der Waals surface area contributed by atoms with Gasteiger partial charge in [0.15, 0.2) is 11.5 Å². The number of terminal acetylenes is 1. The number of hydrogen-bond donors (Lipinski definition) is 1. The van der Waals surface area contributed by atoms with Crippen molar-refractivity contribution in [2.24, 2.45) is 0 Å². The van der Waals surface area contributed by atoms with E-state index < -0.39 is 0 Å². The van der Waals surface area contributed by atoms with Crippen LogP contribution in [-0.4, -0.2) is 20.3 Å². The maximum absolute atomic E-state index is 5.41. The molecule has 0 aliphatic carbocycles. The highest BCUT2D eigenvalue weighted by atomic mass is 16.5. The molecule has 1 atom stereocenters. The zero-order valence-electron chi connectivity index (χ0n) is 11.3. The standard InChI is InChI=1S/C15H21NO2/c1-5-9-16-12(3)13-7-8-14(18-10-6-2)15(11-13)17-4/h2,7-8,11-12,16H,5,9-10H2,1,3-4H3. The van der Waals surface area contributed by atoms with Crippen LogP contribution >= 0.6 is 0 Å². The topological polar surface area (TPSA) is 30.5 Å². The molecule has 0 spiro atoms. The Morgan fingerprint density at radius 1 is 1.39 bits per heavy atom. The molecule has 0 amide bonds. The summed E-state index contributed by atoms with van der Waals surface area (Å²) in [7, 11) is 1.63. The summed E-state index contributed by atoms with van der Waals surface area (Å²) in [5.74, 6) is 3.84. The number of benzene rings is 1. The number of hydrogen-bond acceptors (Lipinski definition) is 3. The predicted molar refractivity (Wildman–Crippen MR) is 74.0 cm³/mol. The van der Waals surface area contributed by atoms with Gasteiger partial charge in [0.1, 0.15) is 6.61 Å². The predicted octanol–water partition coefficient (Wildman–Crippen LogP) is 2.77. The maximum Gasteiger partial charge on any atom is 0.162 e. The molecule has 1 aromatic rings. The van der Waals surface area contributed by atoms with Gasteiger partial charge in [0.05, 0.1) is 7.11 Å². The maximum atomic E-state index is 5.41. The van der Waals surface area contributed by atoms with Gasteiger partial charge in [-0.15, -0.1) is 6.42 Å². The normalized spacial score (nSPS) is 11.7. The average Bonchev–Trinajstić information content (AvgIpc) is 2.42. The fourth-order valence-corrected chi connectivity index (χ4v) is 1.67. The number of methoxy groups -OCH3 is 1. The van der Waals surface area contributed by atoms with Gasteiger partial charge in [-0.3, -0.25) is 0 Å². The molecule has 1 aromatic carbocycles. The van der Waals surface area contributed by atoms with Crippen molar-refractivity contribution in [3.8, 4) is 23.8 Å². The lowest BCUT2D eigenvalue weighted by Gasteiger charge is -2.16. The van der Waals surface area contributed by atoms with Crippen LogP contribution < -0.4 is 14.8 Å². The number of ether oxygens (including phenoxy) is 2. The Bertz CT molecular complexity index is 409. The zero-order valence-corrected chi connectivity index (χ0v) is 11.3. The third-order valence-corrected chi connectivity index (χ3v) is 2.70. The Balaban J connectivity index is 2.81. The Morgan fingerprint density at radius 3 is 2.78 bits per heavy atom. The van der Waals surface area contributed by atoms with Crippen LogP contribution in [0.2, 0.25) is 0 Å². The average molecular weight is 247 g/mol. The van der Waals surface area contributed by atoms with Crippen LogP contribution in [0, 0.1) is 12.3 Å². The summed E-state index contributed by atoms with van der Waals surface area (Å²) in [6.07, 6.45) is 6.29. The third kappa shape index (κ3) is 3.97. The second-order valence-corrected chi connectivity index (χ2v) is 4.08. The van der Waals surface area contributed by atoms with Crippen molar-refractivity contribution in [2.75, 3.05) is 20.3 Å². The minimum atomic E-state index is 0.249. The molecule has 98 valence electrons. The molecule has 0 aromatic heterocycles. The first kappa shape index (κ1) is 14.4. The summed E-state index contributed by atoms with van der Waals surface area (Å²) >= 11 is 0. The first-order valence-electron chi connectivity index (χ1n) is 6.20. The monoisotopic (exact) mass is 247 g/mol. The number of nitrogens with one attached hydrogen (secondary N) is 1. The Kier molecular flexibility index (Phi) is 6.10. The molecule has 3 nitrogen and oxygen atoms in total. The highest BCUT2D eigenvalue weighted by Gasteiger charge is 2.09. The highest BCUT2D eigenvalue weighted by Crippen LogP contribution is 2.30. The van der Waals surface area contributed by atoms with E-state index in [2.05, 4.69) is 25.1 Å². The molecule has 0 fully saturated rings. The van der Waals surface area contributed by atoms with Crippen molar-refractivity contribution in [3.05, 3.63) is 23.8 Å². The fraction of sp³-hybridized carbons (Fsp3) is 0.467. The van der Waals surface area contributed by atoms with E-state index in [9.17, 15) is 0 Å². The van der Waals surface area contributed by atoms with Gasteiger partial charge < -0.3 is 14.8 Å². The summed E-state index contributed by atoms with van der Waals surface area (Å²) in [5.41, 5.74) is 1.17. The molecule has 0 saturated heterocycles. The van der Waals surface area contributed by atoms with Crippen LogP contribution in [-0.2, 0) is 0 Å². The Morgan fingerprint density at radius 2 is 2.17 bits per heavy atom. The van der Waals surface area contributed by atoms with Crippen LogP contribution in [0.5, 0.6) is 11.5 Å². The molecule has 3 heteroatoms. The van der Waals surface area contributed by atoms with Gasteiger partial charge in [-0.1, -0.05) is 18.9 Å². The SMILES string of the molecule is C#CCOc1ccc(C(C)NCCC)cc1OC. The van der Waals surface area contributed by atoms with Gasteiger partial charge in [0.2, 0.25) is 0 Å². The van der Waals surface area contributed by atoms with Crippen molar-refractivity contribution in [1.82, 2.24) is 5.32 Å². The number of rotatable bonds is 7. The van der Waals surface area contributed by atoms with Gasteiger partial charge in [-0.25, -0.2) is 0 Å². The molecule has 0 saturated carbocycles. The highest BCUT2D eigenvalue weighted by molar-refractivity contribution is 5.43. The van der Waals surface area contributed by atoms with E-state index in [0.717, 1.165) is 13.0 Å². The van der Waals surface area contributed by atoms with Crippen LogP contribution in [0.25, 0.3) is 0 Å². The molecule has 1 N–H and O–H groups in total. The summed E-state index contributed by atoms with van der Waals surface area (Å²) in [4.78, 5) is 0. The molecule has 1 rings (SSSR count). The zero-order chi connectivity index (χ0) is 13.4. The first-order chi connectivity index (χ1) is 8.72. The minimum absolute atomic E-state index is 0.249. The van der Waals surface area contributed by atoms with E-state index >= 15 is 0 Å². The van der Waals surface area contributed by atoms with E-state index in [1.54, 1.807) is 7.11 Å². The van der Waals surface area contributed by atoms with Gasteiger partial charge in [0.25, 0.3) is 0 Å². The van der Waals surface area contributed by atoms with Crippen molar-refractivity contribution in [1.29, 1.82) is 0 Å². The summed E-state index contributed by atoms with van der Waals surface area (Å²) in [5, 5.41) is 3.43. The molecule has 18 heavy (non-hydrogen) atoms. The van der Waals surface area contributed by atoms with Crippen molar-refractivity contribution < 1.29 is 9.47 Å². The molecule has 0 heterocycles. The summed E-state index contributed by atoms with van der Waals surface area (Å²) in [6, 6.07) is 6.21. The lowest BCUT2D eigenvalue weighted by molar-refractivity contribution is 0.330. The van der Waals surface area contributed by atoms with E-state index in [1.807, 2.05) is 18.2 Å². The van der Waals surface area contributed by atoms with Crippen LogP contribution in [0.3, 0.4) is 0 Å². The second-order valence-electron chi connectivity index (χ2n) is 4.08. The molecule has 0 radical (unpaired) electrons. The summed E-state index contributed by atoms with van der Waals surface area (Å²) < 4.78 is 10.7. The minimum Gasteiger partial charge on any atom is -0.493 e. The molecule has 1 unspecified atom stereocenters. The molecule has 0 bridgehead atoms. The van der Waals surface area contributed by atoms with Gasteiger partial charge in [-0.2, -0.15) is 0 Å². The van der Waals surface area contributed by atoms with Crippen LogP contribution in [0.15, 0.2) is 18.2 Å². The van der Waals surface area contributed by atoms with Gasteiger partial charge >= 0.3 is 0 Å². The quantitative estimate of drug-likeness (QED) is 0.752. The molecular formula is C15H21NO2. The Labute approximate surface area is 109 Å². The lowest BCUT2D eigenvalue weighted by atomic mass is 10.1. The largest absolute Gasteiger partial charge is 0.493 e. The van der Waals surface area contributed by atoms with Crippen molar-refractivity contribution in [2.45, 2.75) is 26.3 Å². The van der Waals surface area contributed by atoms with E-state index in [4.69, 9.17) is 15.9 Å². The van der Waals surface area contributed by atoms with Crippen LogP contribution in [0.4, 0.5) is 0 Å². The first-order valence-corrected chi connectivity index (χ1v) is 6.20. The molecular weight excluding hydrogens is 226 g/mol. The summed E-state index contributed by atoms with van der Waals surface area (Å²) in [6.45, 7) is 5.53.